The Morgan fingerprint density at radius 2 is 1.88 bits per heavy atom. The molecule has 0 saturated heterocycles. The van der Waals surface area contributed by atoms with Crippen LogP contribution in [0.4, 0.5) is 0 Å². The maximum atomic E-state index is 8.47. The molecule has 0 radical (unpaired) electrons. The number of nitrogens with zero attached hydrogens (tertiary/aromatic N) is 2. The van der Waals surface area contributed by atoms with Gasteiger partial charge >= 0.3 is 0 Å². The quantitative estimate of drug-likeness (QED) is 0.207. The van der Waals surface area contributed by atoms with E-state index >= 15 is 0 Å². The molecule has 0 aliphatic heterocycles. The summed E-state index contributed by atoms with van der Waals surface area (Å²) in [6.07, 6.45) is 16.2. The molecule has 1 aromatic heterocycles. The first-order chi connectivity index (χ1) is 15.3. The predicted octanol–water partition coefficient (Wildman–Crippen LogP) is 7.03. The van der Waals surface area contributed by atoms with E-state index in [9.17, 15) is 0 Å². The Morgan fingerprint density at radius 1 is 1.19 bits per heavy atom. The first kappa shape index (κ1) is 26.9. The van der Waals surface area contributed by atoms with Gasteiger partial charge in [-0.3, -0.25) is 10.3 Å². The SMILES string of the molecule is C#CC(CC(C)N(CC)C(=N)C(C)C)N(C)CCC(c1ccc(CC)s1)C1CCCCC1. The Bertz CT molecular complexity index is 725. The Hall–Kier alpha value is -1.31. The van der Waals surface area contributed by atoms with Gasteiger partial charge in [0.05, 0.1) is 11.9 Å². The van der Waals surface area contributed by atoms with E-state index in [-0.39, 0.29) is 18.0 Å². The molecule has 4 heteroatoms. The second-order valence-corrected chi connectivity index (χ2v) is 11.2. The molecule has 1 saturated carbocycles. The molecule has 0 spiro atoms. The third kappa shape index (κ3) is 7.35. The van der Waals surface area contributed by atoms with Crippen molar-refractivity contribution in [3.63, 3.8) is 0 Å². The number of hydrogen-bond acceptors (Lipinski definition) is 3. The van der Waals surface area contributed by atoms with Gasteiger partial charge in [-0.15, -0.1) is 17.8 Å². The highest BCUT2D eigenvalue weighted by Gasteiger charge is 2.28. The summed E-state index contributed by atoms with van der Waals surface area (Å²) in [6.45, 7) is 12.7. The van der Waals surface area contributed by atoms with Crippen molar-refractivity contribution in [2.75, 3.05) is 20.1 Å². The third-order valence-corrected chi connectivity index (χ3v) is 8.79. The fourth-order valence-corrected chi connectivity index (χ4v) is 6.49. The van der Waals surface area contributed by atoms with Crippen molar-refractivity contribution in [2.45, 2.75) is 104 Å². The smallest absolute Gasteiger partial charge is 0.0986 e. The zero-order valence-corrected chi connectivity index (χ0v) is 22.3. The van der Waals surface area contributed by atoms with E-state index in [0.717, 1.165) is 37.7 Å². The largest absolute Gasteiger partial charge is 0.358 e. The molecule has 1 N–H and O–H groups in total. The van der Waals surface area contributed by atoms with Crippen molar-refractivity contribution in [1.82, 2.24) is 9.80 Å². The lowest BCUT2D eigenvalue weighted by Crippen LogP contribution is -2.44. The lowest BCUT2D eigenvalue weighted by Gasteiger charge is -2.36. The molecule has 3 atom stereocenters. The van der Waals surface area contributed by atoms with E-state index in [1.54, 1.807) is 4.88 Å². The van der Waals surface area contributed by atoms with Gasteiger partial charge in [-0.1, -0.05) is 46.0 Å². The molecule has 180 valence electrons. The monoisotopic (exact) mass is 457 g/mol. The minimum atomic E-state index is 0.112. The highest BCUT2D eigenvalue weighted by atomic mass is 32.1. The van der Waals surface area contributed by atoms with Crippen LogP contribution in [-0.4, -0.2) is 47.9 Å². The summed E-state index contributed by atoms with van der Waals surface area (Å²) in [4.78, 5) is 7.71. The summed E-state index contributed by atoms with van der Waals surface area (Å²) in [6, 6.07) is 5.13. The molecule has 3 nitrogen and oxygen atoms in total. The maximum absolute atomic E-state index is 8.47. The first-order valence-electron chi connectivity index (χ1n) is 12.9. The number of hydrogen-bond donors (Lipinski definition) is 1. The Labute approximate surface area is 202 Å². The molecule has 1 heterocycles. The van der Waals surface area contributed by atoms with E-state index < -0.39 is 0 Å². The minimum Gasteiger partial charge on any atom is -0.358 e. The lowest BCUT2D eigenvalue weighted by atomic mass is 9.77. The highest BCUT2D eigenvalue weighted by molar-refractivity contribution is 7.12. The molecule has 1 aliphatic rings. The zero-order chi connectivity index (χ0) is 23.7. The van der Waals surface area contributed by atoms with Crippen LogP contribution in [-0.2, 0) is 6.42 Å². The molecule has 1 aromatic rings. The van der Waals surface area contributed by atoms with Gasteiger partial charge in [0, 0.05) is 28.3 Å². The minimum absolute atomic E-state index is 0.112. The number of terminal acetylenes is 1. The summed E-state index contributed by atoms with van der Waals surface area (Å²) in [5.41, 5.74) is 0. The summed E-state index contributed by atoms with van der Waals surface area (Å²) in [5.74, 6) is 5.53. The van der Waals surface area contributed by atoms with Crippen molar-refractivity contribution in [2.24, 2.45) is 11.8 Å². The van der Waals surface area contributed by atoms with Gasteiger partial charge in [-0.2, -0.15) is 0 Å². The lowest BCUT2D eigenvalue weighted by molar-refractivity contribution is 0.205. The van der Waals surface area contributed by atoms with Crippen LogP contribution >= 0.6 is 11.3 Å². The Balaban J connectivity index is 2.03. The molecule has 2 rings (SSSR count). The molecule has 0 amide bonds. The standard InChI is InChI=1S/C28H47N3S/c1-8-24(20-22(6)31(10-3)28(29)21(4)5)30(7)19-18-26(23-14-12-11-13-15-23)27-17-16-25(9-2)32-27/h1,16-17,21-24,26,29H,9-15,18-20H2,2-7H3. The molecule has 0 bridgehead atoms. The Morgan fingerprint density at radius 3 is 2.41 bits per heavy atom. The number of nitrogens with one attached hydrogen (secondary N) is 1. The van der Waals surface area contributed by atoms with Crippen LogP contribution < -0.4 is 0 Å². The van der Waals surface area contributed by atoms with E-state index in [4.69, 9.17) is 11.8 Å². The van der Waals surface area contributed by atoms with Crippen LogP contribution in [0.2, 0.25) is 0 Å². The van der Waals surface area contributed by atoms with Crippen LogP contribution in [0, 0.1) is 29.6 Å². The number of rotatable bonds is 12. The van der Waals surface area contributed by atoms with Gasteiger partial charge in [0.1, 0.15) is 0 Å². The van der Waals surface area contributed by atoms with Crippen molar-refractivity contribution in [1.29, 1.82) is 5.41 Å². The van der Waals surface area contributed by atoms with Crippen molar-refractivity contribution in [3.8, 4) is 12.3 Å². The number of aryl methyl sites for hydroxylation is 1. The van der Waals surface area contributed by atoms with Crippen LogP contribution in [0.3, 0.4) is 0 Å². The Kier molecular flexibility index (Phi) is 11.3. The maximum Gasteiger partial charge on any atom is 0.0986 e. The van der Waals surface area contributed by atoms with Gasteiger partial charge in [-0.25, -0.2) is 0 Å². The second-order valence-electron chi connectivity index (χ2n) is 10.0. The first-order valence-corrected chi connectivity index (χ1v) is 13.7. The van der Waals surface area contributed by atoms with E-state index in [2.05, 4.69) is 69.5 Å². The van der Waals surface area contributed by atoms with Crippen LogP contribution in [0.15, 0.2) is 12.1 Å². The third-order valence-electron chi connectivity index (χ3n) is 7.43. The van der Waals surface area contributed by atoms with Crippen LogP contribution in [0.1, 0.15) is 95.2 Å². The topological polar surface area (TPSA) is 30.3 Å². The van der Waals surface area contributed by atoms with Crippen LogP contribution in [0.5, 0.6) is 0 Å². The van der Waals surface area contributed by atoms with Crippen molar-refractivity contribution < 1.29 is 0 Å². The molecular formula is C28H47N3S. The van der Waals surface area contributed by atoms with Crippen molar-refractivity contribution >= 4 is 17.2 Å². The normalized spacial score (nSPS) is 17.8. The average Bonchev–Trinajstić information content (AvgIpc) is 3.27. The molecule has 32 heavy (non-hydrogen) atoms. The highest BCUT2D eigenvalue weighted by Crippen LogP contribution is 2.41. The predicted molar refractivity (Wildman–Crippen MR) is 142 cm³/mol. The molecular weight excluding hydrogens is 410 g/mol. The van der Waals surface area contributed by atoms with Gasteiger partial charge in [0.25, 0.3) is 0 Å². The van der Waals surface area contributed by atoms with Gasteiger partial charge in [0.2, 0.25) is 0 Å². The van der Waals surface area contributed by atoms with E-state index in [1.807, 2.05) is 11.3 Å². The number of amidine groups is 1. The van der Waals surface area contributed by atoms with Gasteiger partial charge in [-0.05, 0) is 83.5 Å². The summed E-state index contributed by atoms with van der Waals surface area (Å²) < 4.78 is 0. The van der Waals surface area contributed by atoms with E-state index in [1.165, 1.54) is 43.4 Å². The summed E-state index contributed by atoms with van der Waals surface area (Å²) in [7, 11) is 2.20. The molecule has 0 aromatic carbocycles. The summed E-state index contributed by atoms with van der Waals surface area (Å²) in [5, 5.41) is 8.47. The van der Waals surface area contributed by atoms with Gasteiger partial charge in [0.15, 0.2) is 0 Å². The second kappa shape index (κ2) is 13.4. The molecule has 1 fully saturated rings. The zero-order valence-electron chi connectivity index (χ0n) is 21.5. The summed E-state index contributed by atoms with van der Waals surface area (Å²) >= 11 is 2.03. The van der Waals surface area contributed by atoms with Crippen LogP contribution in [0.25, 0.3) is 0 Å². The van der Waals surface area contributed by atoms with Gasteiger partial charge < -0.3 is 4.90 Å². The molecule has 1 aliphatic carbocycles. The van der Waals surface area contributed by atoms with Crippen molar-refractivity contribution in [3.05, 3.63) is 21.9 Å². The van der Waals surface area contributed by atoms with E-state index in [0.29, 0.717) is 5.92 Å². The fraction of sp³-hybridized carbons (Fsp3) is 0.750. The molecule has 3 unspecified atom stereocenters. The average molecular weight is 458 g/mol. The fourth-order valence-electron chi connectivity index (χ4n) is 5.31. The number of thiophene rings is 1.